The summed E-state index contributed by atoms with van der Waals surface area (Å²) in [7, 11) is 0. The second-order valence-electron chi connectivity index (χ2n) is 7.42. The zero-order valence-corrected chi connectivity index (χ0v) is 15.9. The van der Waals surface area contributed by atoms with Crippen molar-refractivity contribution in [3.05, 3.63) is 45.6 Å². The summed E-state index contributed by atoms with van der Waals surface area (Å²) in [6, 6.07) is 7.06. The van der Waals surface area contributed by atoms with Crippen LogP contribution in [0.2, 0.25) is 0 Å². The molecule has 1 aromatic carbocycles. The van der Waals surface area contributed by atoms with Crippen LogP contribution in [-0.2, 0) is 6.42 Å². The molecule has 0 radical (unpaired) electrons. The van der Waals surface area contributed by atoms with Crippen LogP contribution in [0.1, 0.15) is 56.3 Å². The average Bonchev–Trinajstić information content (AvgIpc) is 2.88. The molecule has 1 N–H and O–H groups in total. The second-order valence-corrected chi connectivity index (χ2v) is 7.42. The lowest BCUT2D eigenvalue weighted by atomic mass is 9.95. The van der Waals surface area contributed by atoms with E-state index < -0.39 is 0 Å². The molecule has 0 amide bonds. The number of likely N-dealkylation sites (tertiary alicyclic amines) is 1. The highest BCUT2D eigenvalue weighted by atomic mass is 16.6. The normalized spacial score (nSPS) is 20.6. The minimum absolute atomic E-state index is 0.106. The summed E-state index contributed by atoms with van der Waals surface area (Å²) < 4.78 is 1.96. The lowest BCUT2D eigenvalue weighted by Crippen LogP contribution is -2.33. The highest BCUT2D eigenvalue weighted by molar-refractivity contribution is 5.56. The number of hydrogen-bond donors (Lipinski definition) is 1. The number of rotatable bonds is 4. The van der Waals surface area contributed by atoms with Crippen LogP contribution < -0.4 is 5.32 Å². The molecule has 0 bridgehead atoms. The zero-order chi connectivity index (χ0) is 18.8. The number of nitrogens with one attached hydrogen (secondary N) is 1. The molecule has 7 heteroatoms. The smallest absolute Gasteiger partial charge is 0.269 e. The Morgan fingerprint density at radius 1 is 1.22 bits per heavy atom. The molecule has 0 saturated carbocycles. The lowest BCUT2D eigenvalue weighted by Gasteiger charge is -2.34. The Balaban J connectivity index is 1.78. The minimum Gasteiger partial charge on any atom is -0.370 e. The third-order valence-electron chi connectivity index (χ3n) is 5.80. The zero-order valence-electron chi connectivity index (χ0n) is 15.9. The van der Waals surface area contributed by atoms with E-state index in [2.05, 4.69) is 17.1 Å². The van der Waals surface area contributed by atoms with Crippen LogP contribution in [0.3, 0.4) is 0 Å². The van der Waals surface area contributed by atoms with Crippen LogP contribution in [0, 0.1) is 10.1 Å². The molecule has 1 saturated heterocycles. The van der Waals surface area contributed by atoms with Gasteiger partial charge in [-0.05, 0) is 57.3 Å². The van der Waals surface area contributed by atoms with Crippen LogP contribution >= 0.6 is 0 Å². The van der Waals surface area contributed by atoms with E-state index in [1.54, 1.807) is 24.3 Å². The van der Waals surface area contributed by atoms with Crippen molar-refractivity contribution in [3.63, 3.8) is 0 Å². The van der Waals surface area contributed by atoms with Crippen molar-refractivity contribution in [1.82, 2.24) is 14.7 Å². The molecule has 144 valence electrons. The van der Waals surface area contributed by atoms with E-state index in [0.29, 0.717) is 6.04 Å². The molecule has 2 aliphatic heterocycles. The van der Waals surface area contributed by atoms with Crippen LogP contribution in [0.5, 0.6) is 0 Å². The predicted octanol–water partition coefficient (Wildman–Crippen LogP) is 4.08. The van der Waals surface area contributed by atoms with Gasteiger partial charge in [0.25, 0.3) is 5.69 Å². The van der Waals surface area contributed by atoms with E-state index in [0.717, 1.165) is 56.8 Å². The van der Waals surface area contributed by atoms with E-state index in [9.17, 15) is 10.1 Å². The molecule has 0 aliphatic carbocycles. The first-order valence-corrected chi connectivity index (χ1v) is 10.0. The fourth-order valence-corrected chi connectivity index (χ4v) is 4.38. The molecule has 2 aromatic rings. The van der Waals surface area contributed by atoms with Gasteiger partial charge in [0.15, 0.2) is 0 Å². The van der Waals surface area contributed by atoms with Gasteiger partial charge in [0, 0.05) is 24.2 Å². The highest BCUT2D eigenvalue weighted by Gasteiger charge is 2.30. The standard InChI is InChI=1S/C20H27N5O2/c1-2-23-14-6-4-8-18(23)19-17-7-3-5-13-21-20(17)24(22-19)15-9-11-16(12-10-15)25(26)27/h9-12,18,21H,2-8,13-14H2,1H3. The predicted molar refractivity (Wildman–Crippen MR) is 105 cm³/mol. The Morgan fingerprint density at radius 3 is 2.78 bits per heavy atom. The second kappa shape index (κ2) is 7.68. The molecule has 1 atom stereocenters. The molecule has 3 heterocycles. The molecule has 1 unspecified atom stereocenters. The third kappa shape index (κ3) is 3.43. The van der Waals surface area contributed by atoms with Crippen LogP contribution in [0.25, 0.3) is 5.69 Å². The Kier molecular flexibility index (Phi) is 5.11. The quantitative estimate of drug-likeness (QED) is 0.649. The van der Waals surface area contributed by atoms with E-state index >= 15 is 0 Å². The Morgan fingerprint density at radius 2 is 2.04 bits per heavy atom. The summed E-state index contributed by atoms with van der Waals surface area (Å²) in [4.78, 5) is 13.1. The summed E-state index contributed by atoms with van der Waals surface area (Å²) in [5.74, 6) is 1.07. The first-order chi connectivity index (χ1) is 13.2. The number of nitro benzene ring substituents is 1. The van der Waals surface area contributed by atoms with Crippen molar-refractivity contribution in [2.45, 2.75) is 51.5 Å². The molecular formula is C20H27N5O2. The molecule has 27 heavy (non-hydrogen) atoms. The van der Waals surface area contributed by atoms with Crippen molar-refractivity contribution in [2.24, 2.45) is 0 Å². The fraction of sp³-hybridized carbons (Fsp3) is 0.550. The van der Waals surface area contributed by atoms with Gasteiger partial charge < -0.3 is 5.32 Å². The van der Waals surface area contributed by atoms with Gasteiger partial charge in [-0.15, -0.1) is 0 Å². The SMILES string of the molecule is CCN1CCCCC1c1nn(-c2ccc([N+](=O)[O-])cc2)c2c1CCCCN2. The number of nitro groups is 1. The van der Waals surface area contributed by atoms with Crippen molar-refractivity contribution >= 4 is 11.5 Å². The molecule has 4 rings (SSSR count). The topological polar surface area (TPSA) is 76.2 Å². The maximum atomic E-state index is 11.0. The number of anilines is 1. The molecule has 0 spiro atoms. The summed E-state index contributed by atoms with van der Waals surface area (Å²) in [5.41, 5.74) is 3.50. The Bertz CT molecular complexity index is 815. The molecule has 7 nitrogen and oxygen atoms in total. The van der Waals surface area contributed by atoms with E-state index in [1.807, 2.05) is 4.68 Å². The Labute approximate surface area is 159 Å². The van der Waals surface area contributed by atoms with Gasteiger partial charge in [0.1, 0.15) is 5.82 Å². The number of piperidine rings is 1. The van der Waals surface area contributed by atoms with Crippen LogP contribution in [0.15, 0.2) is 24.3 Å². The van der Waals surface area contributed by atoms with Crippen molar-refractivity contribution in [2.75, 3.05) is 25.0 Å². The summed E-state index contributed by atoms with van der Waals surface area (Å²) in [6.45, 7) is 5.33. The molecule has 2 aliphatic rings. The maximum Gasteiger partial charge on any atom is 0.269 e. The van der Waals surface area contributed by atoms with Crippen molar-refractivity contribution < 1.29 is 4.92 Å². The fourth-order valence-electron chi connectivity index (χ4n) is 4.38. The van der Waals surface area contributed by atoms with E-state index in [4.69, 9.17) is 5.10 Å². The minimum atomic E-state index is -0.363. The Hall–Kier alpha value is -2.41. The largest absolute Gasteiger partial charge is 0.370 e. The van der Waals surface area contributed by atoms with E-state index in [1.165, 1.54) is 24.1 Å². The van der Waals surface area contributed by atoms with Gasteiger partial charge in [-0.3, -0.25) is 15.0 Å². The van der Waals surface area contributed by atoms with Gasteiger partial charge >= 0.3 is 0 Å². The monoisotopic (exact) mass is 369 g/mol. The highest BCUT2D eigenvalue weighted by Crippen LogP contribution is 2.37. The van der Waals surface area contributed by atoms with Gasteiger partial charge in [0.2, 0.25) is 0 Å². The number of aromatic nitrogens is 2. The third-order valence-corrected chi connectivity index (χ3v) is 5.80. The van der Waals surface area contributed by atoms with Gasteiger partial charge in [-0.25, -0.2) is 4.68 Å². The first-order valence-electron chi connectivity index (χ1n) is 10.0. The number of hydrogen-bond acceptors (Lipinski definition) is 5. The summed E-state index contributed by atoms with van der Waals surface area (Å²) in [6.07, 6.45) is 7.01. The molecule has 1 fully saturated rings. The van der Waals surface area contributed by atoms with E-state index in [-0.39, 0.29) is 10.6 Å². The maximum absolute atomic E-state index is 11.0. The number of fused-ring (bicyclic) bond motifs is 1. The average molecular weight is 369 g/mol. The van der Waals surface area contributed by atoms with Gasteiger partial charge in [-0.2, -0.15) is 5.10 Å². The van der Waals surface area contributed by atoms with Crippen molar-refractivity contribution in [3.8, 4) is 5.69 Å². The van der Waals surface area contributed by atoms with Gasteiger partial charge in [0.05, 0.1) is 22.3 Å². The molecule has 1 aromatic heterocycles. The molecular weight excluding hydrogens is 342 g/mol. The summed E-state index contributed by atoms with van der Waals surface area (Å²) >= 11 is 0. The van der Waals surface area contributed by atoms with Crippen LogP contribution in [-0.4, -0.2) is 39.2 Å². The summed E-state index contributed by atoms with van der Waals surface area (Å²) in [5, 5.41) is 19.6. The lowest BCUT2D eigenvalue weighted by molar-refractivity contribution is -0.384. The number of nitrogens with zero attached hydrogens (tertiary/aromatic N) is 4. The number of benzene rings is 1. The number of non-ortho nitro benzene ring substituents is 1. The first kappa shape index (κ1) is 18.0. The van der Waals surface area contributed by atoms with Crippen molar-refractivity contribution in [1.29, 1.82) is 0 Å². The van der Waals surface area contributed by atoms with Gasteiger partial charge in [-0.1, -0.05) is 13.3 Å². The van der Waals surface area contributed by atoms with Crippen LogP contribution in [0.4, 0.5) is 11.5 Å².